The van der Waals surface area contributed by atoms with Crippen molar-refractivity contribution in [3.05, 3.63) is 36.0 Å². The van der Waals surface area contributed by atoms with Crippen molar-refractivity contribution in [2.75, 3.05) is 45.0 Å². The number of carbonyl (C=O) groups excluding carboxylic acids is 1. The highest BCUT2D eigenvalue weighted by Gasteiger charge is 2.19. The van der Waals surface area contributed by atoms with Gasteiger partial charge in [0.2, 0.25) is 5.91 Å². The third-order valence-electron chi connectivity index (χ3n) is 5.75. The number of nitrogens with one attached hydrogen (secondary N) is 1. The van der Waals surface area contributed by atoms with E-state index in [1.807, 2.05) is 35.3 Å². The highest BCUT2D eigenvalue weighted by molar-refractivity contribution is 7.98. The Morgan fingerprint density at radius 2 is 1.94 bits per heavy atom. The van der Waals surface area contributed by atoms with E-state index >= 15 is 0 Å². The maximum Gasteiger partial charge on any atom is 0.244 e. The van der Waals surface area contributed by atoms with Crippen LogP contribution < -0.4 is 19.7 Å². The van der Waals surface area contributed by atoms with Crippen molar-refractivity contribution in [1.82, 2.24) is 25.1 Å². The molecule has 0 saturated carbocycles. The first-order chi connectivity index (χ1) is 16.6. The molecule has 1 fully saturated rings. The summed E-state index contributed by atoms with van der Waals surface area (Å²) < 4.78 is 12.4. The van der Waals surface area contributed by atoms with Crippen LogP contribution in [-0.2, 0) is 11.3 Å². The predicted octanol–water partition coefficient (Wildman–Crippen LogP) is 3.39. The van der Waals surface area contributed by atoms with E-state index in [1.165, 1.54) is 37.1 Å². The Balaban J connectivity index is 1.40. The van der Waals surface area contributed by atoms with Crippen LogP contribution in [0, 0.1) is 0 Å². The maximum absolute atomic E-state index is 12.3. The zero-order valence-corrected chi connectivity index (χ0v) is 20.6. The van der Waals surface area contributed by atoms with Gasteiger partial charge in [0, 0.05) is 25.7 Å². The van der Waals surface area contributed by atoms with Crippen LogP contribution in [0.4, 0.5) is 5.82 Å². The summed E-state index contributed by atoms with van der Waals surface area (Å²) >= 11 is 1.53. The minimum Gasteiger partial charge on any atom is -0.493 e. The highest BCUT2D eigenvalue weighted by atomic mass is 32.2. The second-order valence-electron chi connectivity index (χ2n) is 7.93. The van der Waals surface area contributed by atoms with Crippen molar-refractivity contribution >= 4 is 40.6 Å². The van der Waals surface area contributed by atoms with Gasteiger partial charge in [0.15, 0.2) is 22.3 Å². The highest BCUT2D eigenvalue weighted by Crippen LogP contribution is 2.29. The molecule has 4 rings (SSSR count). The van der Waals surface area contributed by atoms with Gasteiger partial charge < -0.3 is 19.7 Å². The Labute approximate surface area is 203 Å². The summed E-state index contributed by atoms with van der Waals surface area (Å²) in [5.41, 5.74) is 1.65. The van der Waals surface area contributed by atoms with Crippen LogP contribution in [0.2, 0.25) is 0 Å². The van der Waals surface area contributed by atoms with Crippen LogP contribution in [-0.4, -0.2) is 65.8 Å². The molecule has 9 nitrogen and oxygen atoms in total. The Kier molecular flexibility index (Phi) is 7.89. The number of hydrogen-bond donors (Lipinski definition) is 1. The van der Waals surface area contributed by atoms with Gasteiger partial charge in [0.1, 0.15) is 5.82 Å². The summed E-state index contributed by atoms with van der Waals surface area (Å²) in [6.45, 7) is 2.97. The van der Waals surface area contributed by atoms with E-state index in [4.69, 9.17) is 19.4 Å². The lowest BCUT2D eigenvalue weighted by Crippen LogP contribution is -2.30. The fourth-order valence-corrected chi connectivity index (χ4v) is 4.35. The number of nitrogens with zero attached hydrogens (tertiary/aromatic N) is 5. The average Bonchev–Trinajstić information content (AvgIpc) is 3.29. The number of piperidine rings is 1. The van der Waals surface area contributed by atoms with Crippen molar-refractivity contribution in [2.45, 2.75) is 31.0 Å². The molecule has 10 heteroatoms. The Hall–Kier alpha value is -3.27. The SMILES string of the molecule is COc1ccc(C=CC(=O)NCCn2ncc3c(N4CCCCC4)nc(SC)nc32)cc1OC. The predicted molar refractivity (Wildman–Crippen MR) is 135 cm³/mol. The summed E-state index contributed by atoms with van der Waals surface area (Å²) in [6, 6.07) is 5.49. The maximum atomic E-state index is 12.3. The average molecular weight is 483 g/mol. The van der Waals surface area contributed by atoms with Crippen LogP contribution >= 0.6 is 11.8 Å². The minimum atomic E-state index is -0.181. The number of aromatic nitrogens is 4. The van der Waals surface area contributed by atoms with E-state index in [0.29, 0.717) is 24.6 Å². The molecule has 0 unspecified atom stereocenters. The van der Waals surface area contributed by atoms with Gasteiger partial charge in [-0.25, -0.2) is 14.6 Å². The van der Waals surface area contributed by atoms with Gasteiger partial charge in [-0.2, -0.15) is 5.10 Å². The summed E-state index contributed by atoms with van der Waals surface area (Å²) in [7, 11) is 3.17. The molecule has 1 aliphatic heterocycles. The molecule has 2 aromatic heterocycles. The van der Waals surface area contributed by atoms with Crippen molar-refractivity contribution in [2.24, 2.45) is 0 Å². The monoisotopic (exact) mass is 482 g/mol. The van der Waals surface area contributed by atoms with Gasteiger partial charge in [-0.15, -0.1) is 0 Å². The van der Waals surface area contributed by atoms with E-state index in [2.05, 4.69) is 15.3 Å². The van der Waals surface area contributed by atoms with Crippen LogP contribution in [0.3, 0.4) is 0 Å². The largest absolute Gasteiger partial charge is 0.493 e. The van der Waals surface area contributed by atoms with E-state index in [1.54, 1.807) is 20.3 Å². The number of methoxy groups -OCH3 is 2. The molecule has 0 spiro atoms. The fraction of sp³-hybridized carbons (Fsp3) is 0.417. The Bertz CT molecular complexity index is 1170. The van der Waals surface area contributed by atoms with Gasteiger partial charge in [-0.05, 0) is 49.3 Å². The molecule has 3 heterocycles. The topological polar surface area (TPSA) is 94.4 Å². The number of hydrogen-bond acceptors (Lipinski definition) is 8. The number of amides is 1. The molecule has 1 saturated heterocycles. The zero-order valence-electron chi connectivity index (χ0n) is 19.8. The van der Waals surface area contributed by atoms with Crippen LogP contribution in [0.5, 0.6) is 11.5 Å². The second-order valence-corrected chi connectivity index (χ2v) is 8.70. The molecule has 34 heavy (non-hydrogen) atoms. The van der Waals surface area contributed by atoms with Gasteiger partial charge in [-0.3, -0.25) is 4.79 Å². The molecule has 180 valence electrons. The molecule has 0 radical (unpaired) electrons. The number of anilines is 1. The number of carbonyl (C=O) groups is 1. The molecule has 3 aromatic rings. The van der Waals surface area contributed by atoms with Gasteiger partial charge in [0.05, 0.1) is 32.3 Å². The number of fused-ring (bicyclic) bond motifs is 1. The molecule has 0 atom stereocenters. The molecule has 0 aliphatic carbocycles. The molecule has 0 bridgehead atoms. The fourth-order valence-electron chi connectivity index (χ4n) is 3.99. The van der Waals surface area contributed by atoms with E-state index in [-0.39, 0.29) is 5.91 Å². The molecular weight excluding hydrogens is 452 g/mol. The third kappa shape index (κ3) is 5.44. The first kappa shape index (κ1) is 23.9. The summed E-state index contributed by atoms with van der Waals surface area (Å²) in [5, 5.41) is 9.14. The minimum absolute atomic E-state index is 0.181. The van der Waals surface area contributed by atoms with Crippen LogP contribution in [0.15, 0.2) is 35.6 Å². The zero-order chi connectivity index (χ0) is 23.9. The Morgan fingerprint density at radius 1 is 1.15 bits per heavy atom. The summed E-state index contributed by atoms with van der Waals surface area (Å²) in [6.07, 6.45) is 10.7. The summed E-state index contributed by atoms with van der Waals surface area (Å²) in [5.74, 6) is 2.04. The number of ether oxygens (including phenoxy) is 2. The molecule has 1 amide bonds. The molecule has 1 aromatic carbocycles. The molecule has 1 aliphatic rings. The smallest absolute Gasteiger partial charge is 0.244 e. The second kappa shape index (κ2) is 11.2. The van der Waals surface area contributed by atoms with Crippen LogP contribution in [0.25, 0.3) is 17.1 Å². The lowest BCUT2D eigenvalue weighted by molar-refractivity contribution is -0.116. The van der Waals surface area contributed by atoms with Crippen molar-refractivity contribution in [3.63, 3.8) is 0 Å². The first-order valence-electron chi connectivity index (χ1n) is 11.3. The van der Waals surface area contributed by atoms with Gasteiger partial charge in [-0.1, -0.05) is 17.8 Å². The van der Waals surface area contributed by atoms with Crippen molar-refractivity contribution in [1.29, 1.82) is 0 Å². The van der Waals surface area contributed by atoms with Gasteiger partial charge in [0.25, 0.3) is 0 Å². The van der Waals surface area contributed by atoms with E-state index < -0.39 is 0 Å². The van der Waals surface area contributed by atoms with Crippen molar-refractivity contribution in [3.8, 4) is 11.5 Å². The molecule has 1 N–H and O–H groups in total. The Morgan fingerprint density at radius 3 is 2.68 bits per heavy atom. The summed E-state index contributed by atoms with van der Waals surface area (Å²) in [4.78, 5) is 24.1. The lowest BCUT2D eigenvalue weighted by atomic mass is 10.1. The van der Waals surface area contributed by atoms with Gasteiger partial charge >= 0.3 is 0 Å². The number of benzene rings is 1. The van der Waals surface area contributed by atoms with E-state index in [9.17, 15) is 4.79 Å². The number of thioether (sulfide) groups is 1. The normalized spacial score (nSPS) is 14.0. The lowest BCUT2D eigenvalue weighted by Gasteiger charge is -2.28. The molecular formula is C24H30N6O3S. The number of rotatable bonds is 9. The third-order valence-corrected chi connectivity index (χ3v) is 6.30. The standard InChI is InChI=1S/C24H30N6O3S/c1-32-19-9-7-17(15-20(19)33-2)8-10-21(31)25-11-14-30-23-18(16-26-30)22(27-24(28-23)34-3)29-12-5-4-6-13-29/h7-10,15-16H,4-6,11-14H2,1-3H3,(H,25,31). The van der Waals surface area contributed by atoms with Crippen molar-refractivity contribution < 1.29 is 14.3 Å². The van der Waals surface area contributed by atoms with Crippen LogP contribution in [0.1, 0.15) is 24.8 Å². The quantitative estimate of drug-likeness (QED) is 0.282. The first-order valence-corrected chi connectivity index (χ1v) is 12.6. The van der Waals surface area contributed by atoms with E-state index in [0.717, 1.165) is 40.7 Å².